The molecule has 0 aliphatic carbocycles. The molecule has 0 aliphatic heterocycles. The zero-order chi connectivity index (χ0) is 13.1. The molecule has 0 unspecified atom stereocenters. The molecule has 0 aromatic carbocycles. The monoisotopic (exact) mass is 232 g/mol. The molecule has 0 bridgehead atoms. The molecule has 0 atom stereocenters. The van der Waals surface area contributed by atoms with Crippen LogP contribution in [-0.2, 0) is 4.74 Å². The van der Waals surface area contributed by atoms with Gasteiger partial charge in [0.1, 0.15) is 5.82 Å². The second-order valence-electron chi connectivity index (χ2n) is 4.22. The summed E-state index contributed by atoms with van der Waals surface area (Å²) in [4.78, 5) is 15.6. The molecule has 1 N–H and O–H groups in total. The van der Waals surface area contributed by atoms with Crippen LogP contribution < -0.4 is 5.32 Å². The molecule has 0 saturated heterocycles. The molecule has 4 nitrogen and oxygen atoms in total. The van der Waals surface area contributed by atoms with Crippen molar-refractivity contribution in [1.29, 1.82) is 0 Å². The minimum absolute atomic E-state index is 0.391. The highest BCUT2D eigenvalue weighted by molar-refractivity contribution is 5.90. The van der Waals surface area contributed by atoms with E-state index < -0.39 is 11.5 Å². The second-order valence-corrected chi connectivity index (χ2v) is 4.22. The van der Waals surface area contributed by atoms with Gasteiger partial charge < -0.3 is 10.1 Å². The maximum Gasteiger partial charge on any atom is 0.339 e. The number of methoxy groups -OCH3 is 1. The van der Waals surface area contributed by atoms with Crippen molar-refractivity contribution in [3.63, 3.8) is 0 Å². The van der Waals surface area contributed by atoms with E-state index in [-0.39, 0.29) is 0 Å². The van der Waals surface area contributed by atoms with E-state index in [1.807, 2.05) is 13.8 Å². The zero-order valence-electron chi connectivity index (χ0n) is 10.5. The van der Waals surface area contributed by atoms with E-state index in [1.54, 1.807) is 19.1 Å². The maximum atomic E-state index is 11.4. The Hall–Kier alpha value is -2.02. The van der Waals surface area contributed by atoms with Crippen molar-refractivity contribution >= 4 is 11.8 Å². The molecule has 0 saturated carbocycles. The average molecular weight is 232 g/mol. The number of hydrogen-bond donors (Lipinski definition) is 1. The fourth-order valence-corrected chi connectivity index (χ4v) is 1.31. The summed E-state index contributed by atoms with van der Waals surface area (Å²) in [5, 5.41) is 3.09. The molecular weight excluding hydrogens is 216 g/mol. The Morgan fingerprint density at radius 1 is 1.53 bits per heavy atom. The van der Waals surface area contributed by atoms with E-state index in [0.29, 0.717) is 17.1 Å². The van der Waals surface area contributed by atoms with Crippen LogP contribution in [0.25, 0.3) is 0 Å². The van der Waals surface area contributed by atoms with Crippen LogP contribution in [0.15, 0.2) is 12.1 Å². The molecule has 0 fully saturated rings. The summed E-state index contributed by atoms with van der Waals surface area (Å²) in [5.74, 6) is 2.86. The van der Waals surface area contributed by atoms with Crippen LogP contribution >= 0.6 is 0 Å². The second kappa shape index (κ2) is 4.88. The molecule has 17 heavy (non-hydrogen) atoms. The van der Waals surface area contributed by atoms with Crippen LogP contribution in [0, 0.1) is 19.3 Å². The highest BCUT2D eigenvalue weighted by Gasteiger charge is 2.16. The molecule has 0 amide bonds. The summed E-state index contributed by atoms with van der Waals surface area (Å²) in [5.41, 5.74) is 0.581. The number of pyridine rings is 1. The first-order valence-corrected chi connectivity index (χ1v) is 5.21. The minimum atomic E-state index is -0.480. The van der Waals surface area contributed by atoms with E-state index in [2.05, 4.69) is 21.0 Å². The van der Waals surface area contributed by atoms with Crippen molar-refractivity contribution in [1.82, 2.24) is 4.98 Å². The molecule has 0 radical (unpaired) electrons. The van der Waals surface area contributed by atoms with Gasteiger partial charge in [-0.2, -0.15) is 0 Å². The first-order valence-electron chi connectivity index (χ1n) is 5.21. The van der Waals surface area contributed by atoms with Gasteiger partial charge >= 0.3 is 5.97 Å². The zero-order valence-corrected chi connectivity index (χ0v) is 10.5. The van der Waals surface area contributed by atoms with Crippen LogP contribution in [0.2, 0.25) is 0 Å². The lowest BCUT2D eigenvalue weighted by Gasteiger charge is -2.20. The standard InChI is InChI=1S/C13H16N2O2/c1-6-13(3,4)15-11-8-7-10(9(2)14-11)12(16)17-5/h1,7-8H,2-5H3,(H,14,15). The largest absolute Gasteiger partial charge is 0.465 e. The molecule has 0 aliphatic rings. The summed E-state index contributed by atoms with van der Waals surface area (Å²) in [6.07, 6.45) is 5.38. The highest BCUT2D eigenvalue weighted by Crippen LogP contribution is 2.15. The summed E-state index contributed by atoms with van der Waals surface area (Å²) < 4.78 is 4.65. The lowest BCUT2D eigenvalue weighted by Crippen LogP contribution is -2.29. The average Bonchev–Trinajstić information content (AvgIpc) is 2.28. The Balaban J connectivity index is 2.98. The van der Waals surface area contributed by atoms with Crippen molar-refractivity contribution in [3.05, 3.63) is 23.4 Å². The topological polar surface area (TPSA) is 51.2 Å². The van der Waals surface area contributed by atoms with Gasteiger partial charge in [-0.15, -0.1) is 6.42 Å². The number of nitrogens with one attached hydrogen (secondary N) is 1. The number of aromatic nitrogens is 1. The number of rotatable bonds is 3. The number of aryl methyl sites for hydroxylation is 1. The van der Waals surface area contributed by atoms with Gasteiger partial charge in [-0.25, -0.2) is 9.78 Å². The fourth-order valence-electron chi connectivity index (χ4n) is 1.31. The predicted molar refractivity (Wildman–Crippen MR) is 66.8 cm³/mol. The van der Waals surface area contributed by atoms with Gasteiger partial charge in [0.15, 0.2) is 0 Å². The van der Waals surface area contributed by atoms with Crippen LogP contribution in [0.1, 0.15) is 29.9 Å². The van der Waals surface area contributed by atoms with E-state index in [9.17, 15) is 4.79 Å². The first-order chi connectivity index (χ1) is 7.89. The van der Waals surface area contributed by atoms with Crippen LogP contribution in [-0.4, -0.2) is 23.6 Å². The SMILES string of the molecule is C#CC(C)(C)Nc1ccc(C(=O)OC)c(C)n1. The number of nitrogens with zero attached hydrogens (tertiary/aromatic N) is 1. The van der Waals surface area contributed by atoms with Crippen molar-refractivity contribution in [2.75, 3.05) is 12.4 Å². The quantitative estimate of drug-likeness (QED) is 0.639. The minimum Gasteiger partial charge on any atom is -0.465 e. The molecule has 1 aromatic rings. The summed E-state index contributed by atoms with van der Waals surface area (Å²) >= 11 is 0. The van der Waals surface area contributed by atoms with Crippen LogP contribution in [0.3, 0.4) is 0 Å². The Morgan fingerprint density at radius 2 is 2.18 bits per heavy atom. The number of terminal acetylenes is 1. The predicted octanol–water partition coefficient (Wildman–Crippen LogP) is 2.00. The molecule has 0 spiro atoms. The van der Waals surface area contributed by atoms with Gasteiger partial charge in [0.25, 0.3) is 0 Å². The van der Waals surface area contributed by atoms with Gasteiger partial charge in [0.05, 0.1) is 23.9 Å². The molecular formula is C13H16N2O2. The number of carbonyl (C=O) groups excluding carboxylic acids is 1. The molecule has 90 valence electrons. The van der Waals surface area contributed by atoms with E-state index in [4.69, 9.17) is 6.42 Å². The number of esters is 1. The van der Waals surface area contributed by atoms with E-state index in [1.165, 1.54) is 7.11 Å². The van der Waals surface area contributed by atoms with Crippen molar-refractivity contribution in [2.24, 2.45) is 0 Å². The third-order valence-corrected chi connectivity index (χ3v) is 2.29. The normalized spacial score (nSPS) is 10.5. The Kier molecular flexibility index (Phi) is 3.74. The lowest BCUT2D eigenvalue weighted by atomic mass is 10.1. The van der Waals surface area contributed by atoms with Crippen LogP contribution in [0.5, 0.6) is 0 Å². The first kappa shape index (κ1) is 13.0. The molecule has 1 rings (SSSR count). The number of ether oxygens (including phenoxy) is 1. The Morgan fingerprint density at radius 3 is 2.65 bits per heavy atom. The summed E-state index contributed by atoms with van der Waals surface area (Å²) in [7, 11) is 1.34. The van der Waals surface area contributed by atoms with E-state index in [0.717, 1.165) is 0 Å². The van der Waals surface area contributed by atoms with Gasteiger partial charge in [-0.1, -0.05) is 5.92 Å². The van der Waals surface area contributed by atoms with Gasteiger partial charge in [0.2, 0.25) is 0 Å². The third-order valence-electron chi connectivity index (χ3n) is 2.29. The summed E-state index contributed by atoms with van der Waals surface area (Å²) in [6, 6.07) is 3.38. The molecule has 1 heterocycles. The highest BCUT2D eigenvalue weighted by atomic mass is 16.5. The Bertz CT molecular complexity index is 473. The van der Waals surface area contributed by atoms with E-state index >= 15 is 0 Å². The summed E-state index contributed by atoms with van der Waals surface area (Å²) in [6.45, 7) is 5.50. The van der Waals surface area contributed by atoms with Gasteiger partial charge in [-0.3, -0.25) is 0 Å². The number of anilines is 1. The number of carbonyl (C=O) groups is 1. The Labute approximate surface area is 101 Å². The lowest BCUT2D eigenvalue weighted by molar-refractivity contribution is 0.0599. The smallest absolute Gasteiger partial charge is 0.339 e. The third kappa shape index (κ3) is 3.22. The number of hydrogen-bond acceptors (Lipinski definition) is 4. The molecule has 4 heteroatoms. The fraction of sp³-hybridized carbons (Fsp3) is 0.385. The van der Waals surface area contributed by atoms with Gasteiger partial charge in [-0.05, 0) is 32.9 Å². The maximum absolute atomic E-state index is 11.4. The van der Waals surface area contributed by atoms with Crippen molar-refractivity contribution < 1.29 is 9.53 Å². The van der Waals surface area contributed by atoms with Crippen molar-refractivity contribution in [2.45, 2.75) is 26.3 Å². The van der Waals surface area contributed by atoms with Gasteiger partial charge in [0, 0.05) is 0 Å². The van der Waals surface area contributed by atoms with Crippen molar-refractivity contribution in [3.8, 4) is 12.3 Å². The molecule has 1 aromatic heterocycles. The van der Waals surface area contributed by atoms with Crippen LogP contribution in [0.4, 0.5) is 5.82 Å².